The van der Waals surface area contributed by atoms with Crippen LogP contribution in [-0.2, 0) is 0 Å². The molecular weight excluding hydrogens is 533 g/mol. The molecule has 4 heterocycles. The van der Waals surface area contributed by atoms with Gasteiger partial charge in [-0.1, -0.05) is 17.7 Å². The van der Waals surface area contributed by atoms with Crippen molar-refractivity contribution in [2.24, 2.45) is 0 Å². The standard InChI is InChI=1S/C29H29ClFN7O2/c1-18-11-26(40-10-9-37-7-5-36(2)6-8-37)27-32-25(17-38(27)16-18)28(39)35-29-33-23-4-3-19(14-24(23)34-29)20-12-21(30)15-22(31)13-20/h3-4,11-17H,5-10H2,1-2H3,(H2,33,34,35,39). The van der Waals surface area contributed by atoms with E-state index in [0.29, 0.717) is 39.6 Å². The van der Waals surface area contributed by atoms with Gasteiger partial charge in [-0.05, 0) is 67.1 Å². The number of nitrogens with one attached hydrogen (secondary N) is 2. The van der Waals surface area contributed by atoms with E-state index in [1.807, 2.05) is 35.7 Å². The molecule has 3 aromatic heterocycles. The lowest BCUT2D eigenvalue weighted by molar-refractivity contribution is 0.102. The monoisotopic (exact) mass is 561 g/mol. The number of hydrogen-bond acceptors (Lipinski definition) is 6. The van der Waals surface area contributed by atoms with Gasteiger partial charge in [0, 0.05) is 50.1 Å². The molecule has 5 aromatic rings. The third kappa shape index (κ3) is 5.65. The predicted octanol–water partition coefficient (Wildman–Crippen LogP) is 4.86. The zero-order valence-electron chi connectivity index (χ0n) is 22.2. The van der Waals surface area contributed by atoms with Crippen molar-refractivity contribution >= 4 is 40.1 Å². The Kier molecular flexibility index (Phi) is 7.14. The van der Waals surface area contributed by atoms with E-state index in [1.54, 1.807) is 18.3 Å². The number of imidazole rings is 2. The molecular formula is C29H29ClFN7O2. The molecule has 11 heteroatoms. The molecule has 0 saturated carbocycles. The molecule has 0 unspecified atom stereocenters. The van der Waals surface area contributed by atoms with Crippen LogP contribution in [0.5, 0.6) is 5.75 Å². The van der Waals surface area contributed by atoms with Gasteiger partial charge in [-0.15, -0.1) is 0 Å². The first-order valence-corrected chi connectivity index (χ1v) is 13.5. The number of aromatic nitrogens is 4. The Morgan fingerprint density at radius 2 is 1.90 bits per heavy atom. The average Bonchev–Trinajstić information content (AvgIpc) is 3.52. The number of aryl methyl sites for hydroxylation is 1. The first-order chi connectivity index (χ1) is 19.3. The van der Waals surface area contributed by atoms with Crippen LogP contribution in [-0.4, -0.2) is 81.4 Å². The zero-order valence-corrected chi connectivity index (χ0v) is 23.0. The third-order valence-corrected chi connectivity index (χ3v) is 7.28. The van der Waals surface area contributed by atoms with Crippen LogP contribution in [0, 0.1) is 12.7 Å². The van der Waals surface area contributed by atoms with E-state index in [-0.39, 0.29) is 11.6 Å². The summed E-state index contributed by atoms with van der Waals surface area (Å²) in [7, 11) is 2.14. The second-order valence-corrected chi connectivity index (χ2v) is 10.6. The molecule has 2 N–H and O–H groups in total. The number of amides is 1. The molecule has 0 bridgehead atoms. The molecule has 206 valence electrons. The smallest absolute Gasteiger partial charge is 0.278 e. The highest BCUT2D eigenvalue weighted by atomic mass is 35.5. The summed E-state index contributed by atoms with van der Waals surface area (Å²) < 4.78 is 21.8. The normalized spacial score (nSPS) is 14.7. The molecule has 1 aliphatic heterocycles. The highest BCUT2D eigenvalue weighted by molar-refractivity contribution is 6.30. The van der Waals surface area contributed by atoms with E-state index >= 15 is 0 Å². The molecule has 0 spiro atoms. The van der Waals surface area contributed by atoms with Gasteiger partial charge in [0.25, 0.3) is 5.91 Å². The Balaban J connectivity index is 1.17. The van der Waals surface area contributed by atoms with Gasteiger partial charge in [0.1, 0.15) is 18.1 Å². The Morgan fingerprint density at radius 1 is 1.07 bits per heavy atom. The van der Waals surface area contributed by atoms with Crippen LogP contribution in [0.25, 0.3) is 27.8 Å². The van der Waals surface area contributed by atoms with E-state index in [9.17, 15) is 9.18 Å². The maximum absolute atomic E-state index is 13.8. The summed E-state index contributed by atoms with van der Waals surface area (Å²) in [5, 5.41) is 3.11. The van der Waals surface area contributed by atoms with E-state index in [0.717, 1.165) is 43.9 Å². The minimum Gasteiger partial charge on any atom is -0.488 e. The van der Waals surface area contributed by atoms with E-state index in [2.05, 4.69) is 37.1 Å². The lowest BCUT2D eigenvalue weighted by Crippen LogP contribution is -2.45. The van der Waals surface area contributed by atoms with Crippen molar-refractivity contribution in [1.29, 1.82) is 0 Å². The quantitative estimate of drug-likeness (QED) is 0.295. The first kappa shape index (κ1) is 26.2. The van der Waals surface area contributed by atoms with Crippen molar-refractivity contribution in [2.75, 3.05) is 51.7 Å². The van der Waals surface area contributed by atoms with Crippen LogP contribution in [0.15, 0.2) is 54.9 Å². The second kappa shape index (κ2) is 10.9. The van der Waals surface area contributed by atoms with E-state index < -0.39 is 11.7 Å². The summed E-state index contributed by atoms with van der Waals surface area (Å²) in [6.45, 7) is 7.52. The second-order valence-electron chi connectivity index (χ2n) is 10.2. The molecule has 9 nitrogen and oxygen atoms in total. The van der Waals surface area contributed by atoms with Crippen LogP contribution in [0.2, 0.25) is 5.02 Å². The predicted molar refractivity (Wildman–Crippen MR) is 154 cm³/mol. The third-order valence-electron chi connectivity index (χ3n) is 7.06. The summed E-state index contributed by atoms with van der Waals surface area (Å²) in [6.07, 6.45) is 3.59. The lowest BCUT2D eigenvalue weighted by atomic mass is 10.1. The SMILES string of the molecule is Cc1cc(OCCN2CCN(C)CC2)c2nc(C(=O)Nc3nc4ccc(-c5cc(F)cc(Cl)c5)cc4[nH]3)cn2c1. The number of halogens is 2. The van der Waals surface area contributed by atoms with Crippen molar-refractivity contribution in [3.63, 3.8) is 0 Å². The molecule has 2 aromatic carbocycles. The molecule has 1 amide bonds. The molecule has 40 heavy (non-hydrogen) atoms. The van der Waals surface area contributed by atoms with Gasteiger partial charge >= 0.3 is 0 Å². The lowest BCUT2D eigenvalue weighted by Gasteiger charge is -2.32. The number of rotatable bonds is 7. The summed E-state index contributed by atoms with van der Waals surface area (Å²) in [4.78, 5) is 30.0. The fraction of sp³-hybridized carbons (Fsp3) is 0.276. The molecule has 1 saturated heterocycles. The summed E-state index contributed by atoms with van der Waals surface area (Å²) in [6, 6.07) is 11.8. The van der Waals surface area contributed by atoms with E-state index in [4.69, 9.17) is 16.3 Å². The number of carbonyl (C=O) groups excluding carboxylic acids is 1. The summed E-state index contributed by atoms with van der Waals surface area (Å²) in [5.74, 6) is 0.112. The Bertz CT molecular complexity index is 1690. The van der Waals surface area contributed by atoms with Gasteiger partial charge < -0.3 is 19.0 Å². The highest BCUT2D eigenvalue weighted by Crippen LogP contribution is 2.28. The van der Waals surface area contributed by atoms with Gasteiger partial charge in [-0.2, -0.15) is 0 Å². The largest absolute Gasteiger partial charge is 0.488 e. The molecule has 0 aliphatic carbocycles. The van der Waals surface area contributed by atoms with E-state index in [1.165, 1.54) is 12.1 Å². The number of carbonyl (C=O) groups is 1. The fourth-order valence-electron chi connectivity index (χ4n) is 4.91. The van der Waals surface area contributed by atoms with Gasteiger partial charge in [0.05, 0.1) is 11.0 Å². The van der Waals surface area contributed by atoms with Crippen molar-refractivity contribution in [3.8, 4) is 16.9 Å². The van der Waals surface area contributed by atoms with Crippen molar-refractivity contribution in [3.05, 3.63) is 77.0 Å². The number of aromatic amines is 1. The number of nitrogens with zero attached hydrogens (tertiary/aromatic N) is 5. The van der Waals surface area contributed by atoms with Gasteiger partial charge in [-0.25, -0.2) is 14.4 Å². The topological polar surface area (TPSA) is 90.8 Å². The zero-order chi connectivity index (χ0) is 27.8. The summed E-state index contributed by atoms with van der Waals surface area (Å²) >= 11 is 6.02. The van der Waals surface area contributed by atoms with Crippen molar-refractivity contribution in [1.82, 2.24) is 29.2 Å². The maximum atomic E-state index is 13.8. The van der Waals surface area contributed by atoms with Gasteiger partial charge in [0.15, 0.2) is 11.4 Å². The Hall–Kier alpha value is -3.99. The van der Waals surface area contributed by atoms with Gasteiger partial charge in [0.2, 0.25) is 5.95 Å². The van der Waals surface area contributed by atoms with Crippen LogP contribution in [0.4, 0.5) is 10.3 Å². The first-order valence-electron chi connectivity index (χ1n) is 13.1. The number of likely N-dealkylation sites (N-methyl/N-ethyl adjacent to an activating group) is 1. The molecule has 1 fully saturated rings. The number of anilines is 1. The maximum Gasteiger partial charge on any atom is 0.278 e. The minimum atomic E-state index is -0.411. The number of piperazine rings is 1. The van der Waals surface area contributed by atoms with Crippen LogP contribution < -0.4 is 10.1 Å². The number of ether oxygens (including phenoxy) is 1. The number of H-pyrrole nitrogens is 1. The van der Waals surface area contributed by atoms with Crippen LogP contribution in [0.1, 0.15) is 16.1 Å². The number of fused-ring (bicyclic) bond motifs is 2. The molecule has 1 aliphatic rings. The van der Waals surface area contributed by atoms with Crippen LogP contribution >= 0.6 is 11.6 Å². The van der Waals surface area contributed by atoms with Crippen molar-refractivity contribution in [2.45, 2.75) is 6.92 Å². The fourth-order valence-corrected chi connectivity index (χ4v) is 5.14. The van der Waals surface area contributed by atoms with Crippen LogP contribution in [0.3, 0.4) is 0 Å². The Morgan fingerprint density at radius 3 is 2.70 bits per heavy atom. The average molecular weight is 562 g/mol. The number of pyridine rings is 1. The molecule has 6 rings (SSSR count). The number of hydrogen-bond donors (Lipinski definition) is 2. The molecule has 0 atom stereocenters. The van der Waals surface area contributed by atoms with Crippen molar-refractivity contribution < 1.29 is 13.9 Å². The highest BCUT2D eigenvalue weighted by Gasteiger charge is 2.18. The number of benzene rings is 2. The Labute approximate surface area is 235 Å². The summed E-state index contributed by atoms with van der Waals surface area (Å²) in [5.41, 5.74) is 4.58. The molecule has 0 radical (unpaired) electrons. The minimum absolute atomic E-state index is 0.241. The van der Waals surface area contributed by atoms with Gasteiger partial charge in [-0.3, -0.25) is 15.0 Å².